The fourth-order valence-electron chi connectivity index (χ4n) is 2.77. The molecule has 1 saturated heterocycles. The Morgan fingerprint density at radius 1 is 1.35 bits per heavy atom. The number of amides is 2. The standard InChI is InChI=1S/C16H23FN2O/c1-12-8-6-7-11-19(12)15(20)18-16(2,3)13-9-4-5-10-14(13)17/h4-5,9-10,12H,6-8,11H2,1-3H3,(H,18,20). The van der Waals surface area contributed by atoms with Gasteiger partial charge in [-0.05, 0) is 46.1 Å². The van der Waals surface area contributed by atoms with E-state index >= 15 is 0 Å². The van der Waals surface area contributed by atoms with Crippen molar-refractivity contribution in [3.8, 4) is 0 Å². The second-order valence-corrected chi connectivity index (χ2v) is 6.07. The van der Waals surface area contributed by atoms with Gasteiger partial charge in [0.1, 0.15) is 5.82 Å². The molecule has 0 spiro atoms. The lowest BCUT2D eigenvalue weighted by molar-refractivity contribution is 0.149. The molecule has 2 rings (SSSR count). The molecular weight excluding hydrogens is 255 g/mol. The Kier molecular flexibility index (Phi) is 4.31. The summed E-state index contributed by atoms with van der Waals surface area (Å²) in [6, 6.07) is 6.73. The number of rotatable bonds is 2. The molecule has 1 atom stereocenters. The fraction of sp³-hybridized carbons (Fsp3) is 0.562. The van der Waals surface area contributed by atoms with Gasteiger partial charge in [0.15, 0.2) is 0 Å². The molecule has 3 nitrogen and oxygen atoms in total. The number of nitrogens with zero attached hydrogens (tertiary/aromatic N) is 1. The first-order valence-corrected chi connectivity index (χ1v) is 7.25. The SMILES string of the molecule is CC1CCCCN1C(=O)NC(C)(C)c1ccccc1F. The minimum Gasteiger partial charge on any atom is -0.329 e. The number of hydrogen-bond donors (Lipinski definition) is 1. The Bertz CT molecular complexity index is 487. The molecule has 1 aromatic carbocycles. The largest absolute Gasteiger partial charge is 0.329 e. The third kappa shape index (κ3) is 3.11. The minimum absolute atomic E-state index is 0.106. The first kappa shape index (κ1) is 14.8. The van der Waals surface area contributed by atoms with Crippen molar-refractivity contribution in [2.75, 3.05) is 6.54 Å². The van der Waals surface area contributed by atoms with E-state index < -0.39 is 5.54 Å². The maximum atomic E-state index is 13.9. The average Bonchev–Trinajstić information content (AvgIpc) is 2.38. The lowest BCUT2D eigenvalue weighted by atomic mass is 9.93. The number of nitrogens with one attached hydrogen (secondary N) is 1. The monoisotopic (exact) mass is 278 g/mol. The van der Waals surface area contributed by atoms with Crippen molar-refractivity contribution in [1.29, 1.82) is 0 Å². The summed E-state index contributed by atoms with van der Waals surface area (Å²) >= 11 is 0. The van der Waals surface area contributed by atoms with Crippen LogP contribution in [0.4, 0.5) is 9.18 Å². The summed E-state index contributed by atoms with van der Waals surface area (Å²) in [4.78, 5) is 14.3. The molecule has 1 aliphatic heterocycles. The molecule has 1 fully saturated rings. The molecule has 0 radical (unpaired) electrons. The van der Waals surface area contributed by atoms with Crippen LogP contribution in [0.15, 0.2) is 24.3 Å². The van der Waals surface area contributed by atoms with Gasteiger partial charge in [-0.1, -0.05) is 18.2 Å². The van der Waals surface area contributed by atoms with Gasteiger partial charge in [0, 0.05) is 18.2 Å². The van der Waals surface area contributed by atoms with Crippen LogP contribution < -0.4 is 5.32 Å². The molecule has 110 valence electrons. The predicted octanol–water partition coefficient (Wildman–Crippen LogP) is 3.64. The van der Waals surface area contributed by atoms with Crippen molar-refractivity contribution in [1.82, 2.24) is 10.2 Å². The molecule has 0 aromatic heterocycles. The van der Waals surface area contributed by atoms with Crippen molar-refractivity contribution >= 4 is 6.03 Å². The van der Waals surface area contributed by atoms with Gasteiger partial charge in [0.05, 0.1) is 5.54 Å². The van der Waals surface area contributed by atoms with Gasteiger partial charge in [-0.15, -0.1) is 0 Å². The second-order valence-electron chi connectivity index (χ2n) is 6.07. The van der Waals surface area contributed by atoms with Gasteiger partial charge in [0.25, 0.3) is 0 Å². The van der Waals surface area contributed by atoms with Crippen LogP contribution in [0.1, 0.15) is 45.6 Å². The van der Waals surface area contributed by atoms with Crippen LogP contribution in [0.3, 0.4) is 0 Å². The third-order valence-corrected chi connectivity index (χ3v) is 4.03. The van der Waals surface area contributed by atoms with Gasteiger partial charge in [-0.25, -0.2) is 9.18 Å². The highest BCUT2D eigenvalue weighted by atomic mass is 19.1. The highest BCUT2D eigenvalue weighted by Gasteiger charge is 2.30. The number of likely N-dealkylation sites (tertiary alicyclic amines) is 1. The summed E-state index contributed by atoms with van der Waals surface area (Å²) in [5.41, 5.74) is -0.211. The number of halogens is 1. The van der Waals surface area contributed by atoms with Crippen LogP contribution in [0, 0.1) is 5.82 Å². The molecular formula is C16H23FN2O. The molecule has 1 aromatic rings. The van der Waals surface area contributed by atoms with E-state index in [9.17, 15) is 9.18 Å². The highest BCUT2D eigenvalue weighted by Crippen LogP contribution is 2.24. The number of benzene rings is 1. The summed E-state index contributed by atoms with van der Waals surface area (Å²) in [6.45, 7) is 6.51. The molecule has 0 bridgehead atoms. The summed E-state index contributed by atoms with van der Waals surface area (Å²) in [5, 5.41) is 2.96. The zero-order valence-corrected chi connectivity index (χ0v) is 12.4. The van der Waals surface area contributed by atoms with Crippen LogP contribution in [0.25, 0.3) is 0 Å². The number of carbonyl (C=O) groups is 1. The number of piperidine rings is 1. The van der Waals surface area contributed by atoms with E-state index in [0.717, 1.165) is 19.4 Å². The van der Waals surface area contributed by atoms with Crippen molar-refractivity contribution < 1.29 is 9.18 Å². The first-order chi connectivity index (χ1) is 9.42. The van der Waals surface area contributed by atoms with E-state index in [1.807, 2.05) is 18.7 Å². The van der Waals surface area contributed by atoms with Crippen LogP contribution >= 0.6 is 0 Å². The van der Waals surface area contributed by atoms with Crippen molar-refractivity contribution in [3.05, 3.63) is 35.6 Å². The smallest absolute Gasteiger partial charge is 0.318 e. The Hall–Kier alpha value is -1.58. The maximum Gasteiger partial charge on any atom is 0.318 e. The van der Waals surface area contributed by atoms with Crippen molar-refractivity contribution in [3.63, 3.8) is 0 Å². The number of hydrogen-bond acceptors (Lipinski definition) is 1. The van der Waals surface area contributed by atoms with Crippen LogP contribution in [-0.2, 0) is 5.54 Å². The molecule has 20 heavy (non-hydrogen) atoms. The van der Waals surface area contributed by atoms with Gasteiger partial charge in [-0.2, -0.15) is 0 Å². The Labute approximate surface area is 120 Å². The van der Waals surface area contributed by atoms with Crippen LogP contribution in [0.2, 0.25) is 0 Å². The van der Waals surface area contributed by atoms with Gasteiger partial charge in [-0.3, -0.25) is 0 Å². The minimum atomic E-state index is -0.723. The molecule has 1 heterocycles. The van der Waals surface area contributed by atoms with Gasteiger partial charge < -0.3 is 10.2 Å². The maximum absolute atomic E-state index is 13.9. The molecule has 0 aliphatic carbocycles. The molecule has 2 amide bonds. The third-order valence-electron chi connectivity index (χ3n) is 4.03. The van der Waals surface area contributed by atoms with E-state index in [1.54, 1.807) is 18.2 Å². The summed E-state index contributed by atoms with van der Waals surface area (Å²) in [5.74, 6) is -0.288. The molecule has 1 unspecified atom stereocenters. The Morgan fingerprint density at radius 3 is 2.70 bits per heavy atom. The second kappa shape index (κ2) is 5.81. The summed E-state index contributed by atoms with van der Waals surface area (Å²) < 4.78 is 13.9. The Morgan fingerprint density at radius 2 is 2.05 bits per heavy atom. The number of carbonyl (C=O) groups excluding carboxylic acids is 1. The van der Waals surface area contributed by atoms with Crippen molar-refractivity contribution in [2.45, 2.75) is 51.6 Å². The lowest BCUT2D eigenvalue weighted by Crippen LogP contribution is -2.52. The van der Waals surface area contributed by atoms with Crippen molar-refractivity contribution in [2.24, 2.45) is 0 Å². The first-order valence-electron chi connectivity index (χ1n) is 7.25. The van der Waals surface area contributed by atoms with E-state index in [1.165, 1.54) is 12.5 Å². The predicted molar refractivity (Wildman–Crippen MR) is 78.0 cm³/mol. The molecule has 1 N–H and O–H groups in total. The van der Waals surface area contributed by atoms with Crippen LogP contribution in [-0.4, -0.2) is 23.5 Å². The average molecular weight is 278 g/mol. The zero-order chi connectivity index (χ0) is 14.8. The van der Waals surface area contributed by atoms with Crippen LogP contribution in [0.5, 0.6) is 0 Å². The summed E-state index contributed by atoms with van der Waals surface area (Å²) in [7, 11) is 0. The van der Waals surface area contributed by atoms with E-state index in [0.29, 0.717) is 5.56 Å². The number of urea groups is 1. The molecule has 0 saturated carbocycles. The zero-order valence-electron chi connectivity index (χ0n) is 12.4. The highest BCUT2D eigenvalue weighted by molar-refractivity contribution is 5.75. The molecule has 4 heteroatoms. The van der Waals surface area contributed by atoms with Gasteiger partial charge in [0.2, 0.25) is 0 Å². The van der Waals surface area contributed by atoms with E-state index in [4.69, 9.17) is 0 Å². The quantitative estimate of drug-likeness (QED) is 0.880. The normalized spacial score (nSPS) is 19.8. The lowest BCUT2D eigenvalue weighted by Gasteiger charge is -2.37. The molecule has 1 aliphatic rings. The van der Waals surface area contributed by atoms with E-state index in [2.05, 4.69) is 12.2 Å². The van der Waals surface area contributed by atoms with E-state index in [-0.39, 0.29) is 17.9 Å². The fourth-order valence-corrected chi connectivity index (χ4v) is 2.77. The topological polar surface area (TPSA) is 32.3 Å². The van der Waals surface area contributed by atoms with Gasteiger partial charge >= 0.3 is 6.03 Å². The summed E-state index contributed by atoms with van der Waals surface area (Å²) in [6.07, 6.45) is 3.24. The Balaban J connectivity index is 2.11.